The van der Waals surface area contributed by atoms with E-state index in [9.17, 15) is 0 Å². The third kappa shape index (κ3) is 9.15. The van der Waals surface area contributed by atoms with E-state index in [1.807, 2.05) is 13.8 Å². The van der Waals surface area contributed by atoms with Crippen LogP contribution in [-0.2, 0) is 4.74 Å². The summed E-state index contributed by atoms with van der Waals surface area (Å²) in [4.78, 5) is 8.69. The van der Waals surface area contributed by atoms with E-state index in [2.05, 4.69) is 25.9 Å². The Morgan fingerprint density at radius 3 is 2.75 bits per heavy atom. The van der Waals surface area contributed by atoms with E-state index in [0.717, 1.165) is 45.1 Å². The minimum atomic E-state index is 0.511. The number of unbranched alkanes of at least 4 members (excludes halogenated alkanes) is 1. The zero-order chi connectivity index (χ0) is 17.6. The van der Waals surface area contributed by atoms with Gasteiger partial charge in [0.15, 0.2) is 5.96 Å². The summed E-state index contributed by atoms with van der Waals surface area (Å²) >= 11 is 11.9. The summed E-state index contributed by atoms with van der Waals surface area (Å²) in [5.74, 6) is 1.44. The van der Waals surface area contributed by atoms with Gasteiger partial charge in [-0.25, -0.2) is 4.98 Å². The molecule has 6 nitrogen and oxygen atoms in total. The number of hydrogen-bond acceptors (Lipinski definition) is 4. The number of halogens is 2. The SMILES string of the molecule is CCNC(=NCCCCOCC)NCCNc1ncc(Cl)cc1Cl. The summed E-state index contributed by atoms with van der Waals surface area (Å²) in [6.45, 7) is 8.59. The van der Waals surface area contributed by atoms with E-state index in [-0.39, 0.29) is 0 Å². The van der Waals surface area contributed by atoms with Crippen molar-refractivity contribution in [1.29, 1.82) is 0 Å². The average Bonchev–Trinajstić information content (AvgIpc) is 2.56. The smallest absolute Gasteiger partial charge is 0.191 e. The quantitative estimate of drug-likeness (QED) is 0.314. The van der Waals surface area contributed by atoms with E-state index in [0.29, 0.717) is 29.0 Å². The van der Waals surface area contributed by atoms with Gasteiger partial charge in [-0.1, -0.05) is 23.2 Å². The highest BCUT2D eigenvalue weighted by Crippen LogP contribution is 2.21. The fourth-order valence-corrected chi connectivity index (χ4v) is 2.35. The van der Waals surface area contributed by atoms with Gasteiger partial charge in [0, 0.05) is 45.6 Å². The van der Waals surface area contributed by atoms with Gasteiger partial charge in [0.05, 0.1) is 10.0 Å². The molecule has 0 bridgehead atoms. The number of pyridine rings is 1. The van der Waals surface area contributed by atoms with Gasteiger partial charge >= 0.3 is 0 Å². The Labute approximate surface area is 154 Å². The first-order chi connectivity index (χ1) is 11.7. The van der Waals surface area contributed by atoms with Gasteiger partial charge in [-0.2, -0.15) is 0 Å². The molecular formula is C16H27Cl2N5O. The van der Waals surface area contributed by atoms with Crippen molar-refractivity contribution in [3.05, 3.63) is 22.3 Å². The molecule has 0 aliphatic heterocycles. The maximum atomic E-state index is 6.07. The first-order valence-corrected chi connectivity index (χ1v) is 9.07. The van der Waals surface area contributed by atoms with E-state index in [1.54, 1.807) is 12.3 Å². The first kappa shape index (κ1) is 20.8. The summed E-state index contributed by atoms with van der Waals surface area (Å²) in [7, 11) is 0. The maximum absolute atomic E-state index is 6.07. The molecule has 24 heavy (non-hydrogen) atoms. The molecule has 1 rings (SSSR count). The zero-order valence-electron chi connectivity index (χ0n) is 14.4. The lowest BCUT2D eigenvalue weighted by Crippen LogP contribution is -2.39. The molecule has 0 amide bonds. The van der Waals surface area contributed by atoms with E-state index in [1.165, 1.54) is 0 Å². The maximum Gasteiger partial charge on any atom is 0.191 e. The van der Waals surface area contributed by atoms with Crippen LogP contribution in [-0.4, -0.2) is 50.3 Å². The molecule has 1 aromatic rings. The van der Waals surface area contributed by atoms with Crippen molar-refractivity contribution < 1.29 is 4.74 Å². The molecule has 0 unspecified atom stereocenters. The van der Waals surface area contributed by atoms with E-state index >= 15 is 0 Å². The molecule has 1 aromatic heterocycles. The number of aliphatic imine (C=N–C) groups is 1. The van der Waals surface area contributed by atoms with Crippen LogP contribution in [0.3, 0.4) is 0 Å². The number of nitrogens with one attached hydrogen (secondary N) is 3. The van der Waals surface area contributed by atoms with Crippen LogP contribution in [0.5, 0.6) is 0 Å². The summed E-state index contributed by atoms with van der Waals surface area (Å²) in [5, 5.41) is 10.7. The Kier molecular flexibility index (Phi) is 11.4. The van der Waals surface area contributed by atoms with Crippen molar-refractivity contribution in [3.8, 4) is 0 Å². The second kappa shape index (κ2) is 13.1. The topological polar surface area (TPSA) is 70.6 Å². The number of hydrogen-bond donors (Lipinski definition) is 3. The Hall–Kier alpha value is -1.24. The fraction of sp³-hybridized carbons (Fsp3) is 0.625. The molecule has 136 valence electrons. The lowest BCUT2D eigenvalue weighted by molar-refractivity contribution is 0.144. The molecule has 8 heteroatoms. The van der Waals surface area contributed by atoms with Crippen molar-refractivity contribution in [1.82, 2.24) is 15.6 Å². The van der Waals surface area contributed by atoms with Gasteiger partial charge in [0.2, 0.25) is 0 Å². The molecular weight excluding hydrogens is 349 g/mol. The van der Waals surface area contributed by atoms with Crippen molar-refractivity contribution in [2.75, 3.05) is 44.7 Å². The van der Waals surface area contributed by atoms with Crippen LogP contribution in [0.2, 0.25) is 10.0 Å². The fourth-order valence-electron chi connectivity index (χ4n) is 1.90. The number of nitrogens with zero attached hydrogens (tertiary/aromatic N) is 2. The normalized spacial score (nSPS) is 11.4. The van der Waals surface area contributed by atoms with Crippen LogP contribution >= 0.6 is 23.2 Å². The monoisotopic (exact) mass is 375 g/mol. The number of ether oxygens (including phenoxy) is 1. The number of anilines is 1. The van der Waals surface area contributed by atoms with Crippen molar-refractivity contribution in [2.45, 2.75) is 26.7 Å². The molecule has 0 fully saturated rings. The van der Waals surface area contributed by atoms with Crippen molar-refractivity contribution in [3.63, 3.8) is 0 Å². The Bertz CT molecular complexity index is 499. The second-order valence-corrected chi connectivity index (χ2v) is 5.85. The molecule has 0 saturated heterocycles. The van der Waals surface area contributed by atoms with Crippen LogP contribution in [0.4, 0.5) is 5.82 Å². The molecule has 0 radical (unpaired) electrons. The summed E-state index contributed by atoms with van der Waals surface area (Å²) in [6, 6.07) is 1.67. The van der Waals surface area contributed by atoms with Crippen LogP contribution in [0.25, 0.3) is 0 Å². The Balaban J connectivity index is 2.27. The Morgan fingerprint density at radius 2 is 2.04 bits per heavy atom. The summed E-state index contributed by atoms with van der Waals surface area (Å²) in [5.41, 5.74) is 0. The van der Waals surface area contributed by atoms with Gasteiger partial charge < -0.3 is 20.7 Å². The van der Waals surface area contributed by atoms with Crippen molar-refractivity contribution in [2.24, 2.45) is 4.99 Å². The number of aromatic nitrogens is 1. The predicted molar refractivity (Wildman–Crippen MR) is 102 cm³/mol. The average molecular weight is 376 g/mol. The predicted octanol–water partition coefficient (Wildman–Crippen LogP) is 3.17. The van der Waals surface area contributed by atoms with Crippen LogP contribution in [0, 0.1) is 0 Å². The standard InChI is InChI=1S/C16H27Cl2N5O/c1-3-19-16(21-7-5-6-10-24-4-2)22-9-8-20-15-14(18)11-13(17)12-23-15/h11-12H,3-10H2,1-2H3,(H,20,23)(H2,19,21,22). The molecule has 1 heterocycles. The van der Waals surface area contributed by atoms with Gasteiger partial charge in [-0.3, -0.25) is 4.99 Å². The van der Waals surface area contributed by atoms with Gasteiger partial charge in [-0.05, 0) is 32.8 Å². The number of rotatable bonds is 11. The summed E-state index contributed by atoms with van der Waals surface area (Å²) < 4.78 is 5.31. The molecule has 3 N–H and O–H groups in total. The summed E-state index contributed by atoms with van der Waals surface area (Å²) in [6.07, 6.45) is 3.61. The third-order valence-corrected chi connectivity index (χ3v) is 3.53. The molecule has 0 aliphatic rings. The first-order valence-electron chi connectivity index (χ1n) is 8.32. The van der Waals surface area contributed by atoms with Gasteiger partial charge in [0.1, 0.15) is 5.82 Å². The lowest BCUT2D eigenvalue weighted by atomic mass is 10.3. The Morgan fingerprint density at radius 1 is 1.21 bits per heavy atom. The molecule has 0 saturated carbocycles. The van der Waals surface area contributed by atoms with Crippen LogP contribution in [0.15, 0.2) is 17.3 Å². The largest absolute Gasteiger partial charge is 0.382 e. The minimum Gasteiger partial charge on any atom is -0.382 e. The van der Waals surface area contributed by atoms with Crippen LogP contribution < -0.4 is 16.0 Å². The highest BCUT2D eigenvalue weighted by molar-refractivity contribution is 6.35. The van der Waals surface area contributed by atoms with Gasteiger partial charge in [0.25, 0.3) is 0 Å². The molecule has 0 atom stereocenters. The second-order valence-electron chi connectivity index (χ2n) is 5.00. The number of guanidine groups is 1. The minimum absolute atomic E-state index is 0.511. The van der Waals surface area contributed by atoms with Gasteiger partial charge in [-0.15, -0.1) is 0 Å². The van der Waals surface area contributed by atoms with E-state index < -0.39 is 0 Å². The highest BCUT2D eigenvalue weighted by Gasteiger charge is 2.02. The van der Waals surface area contributed by atoms with E-state index in [4.69, 9.17) is 27.9 Å². The zero-order valence-corrected chi connectivity index (χ0v) is 15.9. The molecule has 0 spiro atoms. The molecule has 0 aliphatic carbocycles. The third-order valence-electron chi connectivity index (χ3n) is 3.03. The molecule has 0 aromatic carbocycles. The lowest BCUT2D eigenvalue weighted by Gasteiger charge is -2.12. The highest BCUT2D eigenvalue weighted by atomic mass is 35.5. The van der Waals surface area contributed by atoms with Crippen LogP contribution in [0.1, 0.15) is 26.7 Å². The van der Waals surface area contributed by atoms with Crippen molar-refractivity contribution >= 4 is 35.0 Å².